The third-order valence-corrected chi connectivity index (χ3v) is 4.87. The minimum absolute atomic E-state index is 0.490. The van der Waals surface area contributed by atoms with Crippen molar-refractivity contribution in [3.63, 3.8) is 0 Å². The molecule has 0 spiro atoms. The van der Waals surface area contributed by atoms with E-state index in [1.165, 1.54) is 25.7 Å². The van der Waals surface area contributed by atoms with Crippen molar-refractivity contribution in [2.24, 2.45) is 17.8 Å². The van der Waals surface area contributed by atoms with E-state index < -0.39 is 0 Å². The summed E-state index contributed by atoms with van der Waals surface area (Å²) in [6.45, 7) is 4.99. The molecular weight excluding hydrogens is 236 g/mol. The van der Waals surface area contributed by atoms with Gasteiger partial charge in [-0.3, -0.25) is 0 Å². The molecule has 104 valence electrons. The first kappa shape index (κ1) is 12.8. The fraction of sp³-hybridized carbons (Fsp3) is 0.688. The monoisotopic (exact) mass is 260 g/mol. The van der Waals surface area contributed by atoms with Crippen LogP contribution in [0, 0.1) is 17.8 Å². The van der Waals surface area contributed by atoms with Crippen LogP contribution in [0.15, 0.2) is 18.3 Å². The van der Waals surface area contributed by atoms with Gasteiger partial charge in [0.2, 0.25) is 0 Å². The number of rotatable bonds is 5. The highest BCUT2D eigenvalue weighted by Gasteiger charge is 2.41. The van der Waals surface area contributed by atoms with E-state index in [1.54, 1.807) is 0 Å². The molecule has 4 unspecified atom stereocenters. The van der Waals surface area contributed by atoms with Crippen molar-refractivity contribution >= 4 is 5.82 Å². The van der Waals surface area contributed by atoms with Gasteiger partial charge in [0.05, 0.1) is 6.61 Å². The molecule has 0 saturated heterocycles. The van der Waals surface area contributed by atoms with Gasteiger partial charge in [-0.2, -0.15) is 0 Å². The number of pyridine rings is 1. The Hall–Kier alpha value is -1.25. The molecule has 2 saturated carbocycles. The molecule has 1 heterocycles. The third-order valence-electron chi connectivity index (χ3n) is 4.87. The Morgan fingerprint density at radius 2 is 2.32 bits per heavy atom. The van der Waals surface area contributed by atoms with E-state index in [0.717, 1.165) is 29.3 Å². The normalized spacial score (nSPS) is 30.3. The Kier molecular flexibility index (Phi) is 3.63. The van der Waals surface area contributed by atoms with Gasteiger partial charge < -0.3 is 10.1 Å². The maximum atomic E-state index is 5.64. The van der Waals surface area contributed by atoms with E-state index in [2.05, 4.69) is 17.2 Å². The number of hydrogen-bond acceptors (Lipinski definition) is 3. The highest BCUT2D eigenvalue weighted by atomic mass is 16.5. The Labute approximate surface area is 115 Å². The molecule has 3 heteroatoms. The summed E-state index contributed by atoms with van der Waals surface area (Å²) >= 11 is 0. The van der Waals surface area contributed by atoms with Crippen LogP contribution in [0.2, 0.25) is 0 Å². The number of nitrogens with zero attached hydrogens (tertiary/aromatic N) is 1. The van der Waals surface area contributed by atoms with Crippen LogP contribution in [-0.2, 0) is 0 Å². The molecule has 0 radical (unpaired) electrons. The van der Waals surface area contributed by atoms with Gasteiger partial charge in [-0.15, -0.1) is 0 Å². The lowest BCUT2D eigenvalue weighted by Gasteiger charge is -2.29. The number of hydrogen-bond donors (Lipinski definition) is 1. The minimum Gasteiger partial charge on any atom is -0.490 e. The minimum atomic E-state index is 0.490. The summed E-state index contributed by atoms with van der Waals surface area (Å²) in [5.41, 5.74) is 0. The van der Waals surface area contributed by atoms with Crippen LogP contribution >= 0.6 is 0 Å². The van der Waals surface area contributed by atoms with Gasteiger partial charge in [0.1, 0.15) is 0 Å². The highest BCUT2D eigenvalue weighted by Crippen LogP contribution is 2.49. The fourth-order valence-electron chi connectivity index (χ4n) is 4.00. The van der Waals surface area contributed by atoms with Gasteiger partial charge >= 0.3 is 0 Å². The molecule has 19 heavy (non-hydrogen) atoms. The van der Waals surface area contributed by atoms with Crippen molar-refractivity contribution in [1.82, 2.24) is 4.98 Å². The van der Waals surface area contributed by atoms with E-state index in [9.17, 15) is 0 Å². The second kappa shape index (κ2) is 5.40. The molecule has 2 aliphatic rings. The Morgan fingerprint density at radius 1 is 1.42 bits per heavy atom. The Morgan fingerprint density at radius 3 is 3.00 bits per heavy atom. The molecule has 0 aliphatic heterocycles. The molecule has 4 atom stereocenters. The molecule has 1 aromatic heterocycles. The number of ether oxygens (including phenoxy) is 1. The summed E-state index contributed by atoms with van der Waals surface area (Å²) in [6, 6.07) is 4.41. The van der Waals surface area contributed by atoms with Gasteiger partial charge in [-0.25, -0.2) is 4.98 Å². The first-order valence-corrected chi connectivity index (χ1v) is 7.62. The molecule has 2 bridgehead atoms. The molecular formula is C16H24N2O. The van der Waals surface area contributed by atoms with Crippen molar-refractivity contribution in [2.75, 3.05) is 11.9 Å². The van der Waals surface area contributed by atoms with E-state index in [4.69, 9.17) is 4.74 Å². The van der Waals surface area contributed by atoms with Crippen molar-refractivity contribution in [1.29, 1.82) is 0 Å². The van der Waals surface area contributed by atoms with Crippen LogP contribution < -0.4 is 10.1 Å². The average Bonchev–Trinajstić information content (AvgIpc) is 3.03. The number of fused-ring (bicyclic) bond motifs is 2. The zero-order valence-electron chi connectivity index (χ0n) is 11.9. The SMILES string of the molecule is CCOc1cccnc1NC(C)C1CC2CCC1C2. The van der Waals surface area contributed by atoms with Crippen LogP contribution in [0.25, 0.3) is 0 Å². The summed E-state index contributed by atoms with van der Waals surface area (Å²) in [7, 11) is 0. The average molecular weight is 260 g/mol. The van der Waals surface area contributed by atoms with Crippen molar-refractivity contribution < 1.29 is 4.74 Å². The largest absolute Gasteiger partial charge is 0.490 e. The van der Waals surface area contributed by atoms with Crippen LogP contribution in [0.3, 0.4) is 0 Å². The number of anilines is 1. The van der Waals surface area contributed by atoms with Crippen molar-refractivity contribution in [3.8, 4) is 5.75 Å². The van der Waals surface area contributed by atoms with Crippen molar-refractivity contribution in [2.45, 2.75) is 45.6 Å². The van der Waals surface area contributed by atoms with E-state index in [-0.39, 0.29) is 0 Å². The predicted octanol–water partition coefficient (Wildman–Crippen LogP) is 3.72. The van der Waals surface area contributed by atoms with Gasteiger partial charge in [0.15, 0.2) is 11.6 Å². The zero-order valence-corrected chi connectivity index (χ0v) is 11.9. The summed E-state index contributed by atoms with van der Waals surface area (Å²) in [4.78, 5) is 4.43. The standard InChI is InChI=1S/C16H24N2O/c1-3-19-15-5-4-8-17-16(15)18-11(2)14-10-12-6-7-13(14)9-12/h4-5,8,11-14H,3,6-7,9-10H2,1-2H3,(H,17,18). The van der Waals surface area contributed by atoms with Gasteiger partial charge in [0.25, 0.3) is 0 Å². The molecule has 0 aromatic carbocycles. The highest BCUT2D eigenvalue weighted by molar-refractivity contribution is 5.50. The topological polar surface area (TPSA) is 34.1 Å². The summed E-state index contributed by atoms with van der Waals surface area (Å²) in [6.07, 6.45) is 7.58. The second-order valence-corrected chi connectivity index (χ2v) is 6.05. The maximum absolute atomic E-state index is 5.64. The molecule has 2 fully saturated rings. The maximum Gasteiger partial charge on any atom is 0.168 e. The molecule has 3 rings (SSSR count). The summed E-state index contributed by atoms with van der Waals surface area (Å²) < 4.78 is 5.64. The van der Waals surface area contributed by atoms with Crippen molar-refractivity contribution in [3.05, 3.63) is 18.3 Å². The molecule has 0 amide bonds. The quantitative estimate of drug-likeness (QED) is 0.876. The van der Waals surface area contributed by atoms with E-state index >= 15 is 0 Å². The van der Waals surface area contributed by atoms with E-state index in [0.29, 0.717) is 12.6 Å². The van der Waals surface area contributed by atoms with E-state index in [1.807, 2.05) is 25.3 Å². The molecule has 2 aliphatic carbocycles. The smallest absolute Gasteiger partial charge is 0.168 e. The van der Waals surface area contributed by atoms with Gasteiger partial charge in [0, 0.05) is 12.2 Å². The lowest BCUT2D eigenvalue weighted by molar-refractivity contribution is 0.301. The third kappa shape index (κ3) is 2.56. The molecule has 3 nitrogen and oxygen atoms in total. The lowest BCUT2D eigenvalue weighted by Crippen LogP contribution is -2.30. The molecule has 1 N–H and O–H groups in total. The summed E-state index contributed by atoms with van der Waals surface area (Å²) in [5, 5.41) is 3.59. The first-order chi connectivity index (χ1) is 9.28. The fourth-order valence-corrected chi connectivity index (χ4v) is 4.00. The zero-order chi connectivity index (χ0) is 13.2. The van der Waals surface area contributed by atoms with Gasteiger partial charge in [-0.05, 0) is 63.0 Å². The lowest BCUT2D eigenvalue weighted by atomic mass is 9.84. The predicted molar refractivity (Wildman–Crippen MR) is 77.4 cm³/mol. The van der Waals surface area contributed by atoms with Crippen LogP contribution in [0.5, 0.6) is 5.75 Å². The van der Waals surface area contributed by atoms with Crippen LogP contribution in [0.1, 0.15) is 39.5 Å². The van der Waals surface area contributed by atoms with Gasteiger partial charge in [-0.1, -0.05) is 6.42 Å². The Bertz CT molecular complexity index is 435. The Balaban J connectivity index is 1.67. The van der Waals surface area contributed by atoms with Crippen LogP contribution in [-0.4, -0.2) is 17.6 Å². The second-order valence-electron chi connectivity index (χ2n) is 6.05. The first-order valence-electron chi connectivity index (χ1n) is 7.62. The molecule has 1 aromatic rings. The number of aromatic nitrogens is 1. The number of nitrogens with one attached hydrogen (secondary N) is 1. The van der Waals surface area contributed by atoms with Crippen LogP contribution in [0.4, 0.5) is 5.82 Å². The summed E-state index contributed by atoms with van der Waals surface area (Å²) in [5.74, 6) is 4.52.